The molecular formula is C14H19N5O2. The molecule has 0 aliphatic carbocycles. The highest BCUT2D eigenvalue weighted by Crippen LogP contribution is 2.08. The van der Waals surface area contributed by atoms with Gasteiger partial charge in [0.05, 0.1) is 11.8 Å². The second kappa shape index (κ2) is 7.28. The molecule has 7 heteroatoms. The molecule has 1 amide bonds. The van der Waals surface area contributed by atoms with Crippen LogP contribution in [-0.4, -0.2) is 35.5 Å². The van der Waals surface area contributed by atoms with Gasteiger partial charge in [-0.2, -0.15) is 4.98 Å². The number of hydrogen-bond acceptors (Lipinski definition) is 6. The van der Waals surface area contributed by atoms with Crippen molar-refractivity contribution in [1.82, 2.24) is 15.3 Å². The van der Waals surface area contributed by atoms with Gasteiger partial charge in [-0.25, -0.2) is 4.98 Å². The van der Waals surface area contributed by atoms with E-state index in [0.717, 1.165) is 18.1 Å². The van der Waals surface area contributed by atoms with Crippen molar-refractivity contribution in [2.45, 2.75) is 13.8 Å². The van der Waals surface area contributed by atoms with Crippen molar-refractivity contribution in [2.24, 2.45) is 0 Å². The van der Waals surface area contributed by atoms with Gasteiger partial charge in [-0.15, -0.1) is 0 Å². The van der Waals surface area contributed by atoms with Crippen molar-refractivity contribution in [2.75, 3.05) is 30.3 Å². The molecule has 0 atom stereocenters. The molecule has 0 bridgehead atoms. The summed E-state index contributed by atoms with van der Waals surface area (Å²) in [5, 5.41) is 9.02. The lowest BCUT2D eigenvalue weighted by Gasteiger charge is -2.09. The fourth-order valence-corrected chi connectivity index (χ4v) is 1.76. The Morgan fingerprint density at radius 1 is 1.29 bits per heavy atom. The lowest BCUT2D eigenvalue weighted by Crippen LogP contribution is -2.28. The molecule has 2 aromatic rings. The summed E-state index contributed by atoms with van der Waals surface area (Å²) in [5.41, 5.74) is 1.40. The summed E-state index contributed by atoms with van der Waals surface area (Å²) in [6.45, 7) is 5.73. The number of nitrogens with one attached hydrogen (secondary N) is 3. The minimum absolute atomic E-state index is 0.155. The molecule has 2 heterocycles. The number of rotatable bonds is 7. The molecule has 0 aromatic carbocycles. The minimum Gasteiger partial charge on any atom is -0.472 e. The van der Waals surface area contributed by atoms with Gasteiger partial charge in [0.25, 0.3) is 5.91 Å². The minimum atomic E-state index is -0.155. The monoisotopic (exact) mass is 289 g/mol. The van der Waals surface area contributed by atoms with Crippen LogP contribution in [0.2, 0.25) is 0 Å². The van der Waals surface area contributed by atoms with Gasteiger partial charge in [-0.05, 0) is 19.9 Å². The van der Waals surface area contributed by atoms with Crippen LogP contribution in [0.15, 0.2) is 29.1 Å². The molecule has 2 rings (SSSR count). The smallest absolute Gasteiger partial charge is 0.254 e. The fraction of sp³-hybridized carbons (Fsp3) is 0.357. The quantitative estimate of drug-likeness (QED) is 0.671. The molecule has 0 saturated carbocycles. The lowest BCUT2D eigenvalue weighted by molar-refractivity contribution is 0.0954. The number of anilines is 2. The second-order valence-electron chi connectivity index (χ2n) is 4.44. The normalized spacial score (nSPS) is 10.2. The van der Waals surface area contributed by atoms with Crippen molar-refractivity contribution < 1.29 is 9.21 Å². The Morgan fingerprint density at radius 2 is 2.14 bits per heavy atom. The van der Waals surface area contributed by atoms with Crippen LogP contribution in [0.4, 0.5) is 11.8 Å². The van der Waals surface area contributed by atoms with Crippen molar-refractivity contribution >= 4 is 17.7 Å². The third-order valence-corrected chi connectivity index (χ3v) is 2.69. The van der Waals surface area contributed by atoms with E-state index < -0.39 is 0 Å². The largest absolute Gasteiger partial charge is 0.472 e. The molecule has 7 nitrogen and oxygen atoms in total. The van der Waals surface area contributed by atoms with E-state index in [4.69, 9.17) is 4.42 Å². The van der Waals surface area contributed by atoms with Crippen LogP contribution in [0, 0.1) is 6.92 Å². The topological polar surface area (TPSA) is 92.1 Å². The number of amides is 1. The predicted octanol–water partition coefficient (Wildman–Crippen LogP) is 1.65. The van der Waals surface area contributed by atoms with Crippen LogP contribution in [0.3, 0.4) is 0 Å². The van der Waals surface area contributed by atoms with Crippen LogP contribution in [0.5, 0.6) is 0 Å². The Bertz CT molecular complexity index is 583. The third-order valence-electron chi connectivity index (χ3n) is 2.69. The van der Waals surface area contributed by atoms with Gasteiger partial charge < -0.3 is 20.4 Å². The lowest BCUT2D eigenvalue weighted by atomic mass is 10.3. The Hall–Kier alpha value is -2.57. The van der Waals surface area contributed by atoms with E-state index in [2.05, 4.69) is 25.9 Å². The number of nitrogens with zero attached hydrogens (tertiary/aromatic N) is 2. The van der Waals surface area contributed by atoms with Crippen LogP contribution in [0.25, 0.3) is 0 Å². The van der Waals surface area contributed by atoms with Gasteiger partial charge >= 0.3 is 0 Å². The first-order valence-corrected chi connectivity index (χ1v) is 6.83. The van der Waals surface area contributed by atoms with Gasteiger partial charge in [0.15, 0.2) is 0 Å². The highest BCUT2D eigenvalue weighted by atomic mass is 16.3. The van der Waals surface area contributed by atoms with Crippen LogP contribution >= 0.6 is 0 Å². The van der Waals surface area contributed by atoms with Gasteiger partial charge in [0.1, 0.15) is 12.1 Å². The standard InChI is InChI=1S/C14H19N5O2/c1-3-15-14-18-10(2)8-12(19-14)16-5-6-17-13(20)11-4-7-21-9-11/h4,7-9H,3,5-6H2,1-2H3,(H,17,20)(H2,15,16,18,19). The summed E-state index contributed by atoms with van der Waals surface area (Å²) in [5.74, 6) is 1.18. The Morgan fingerprint density at radius 3 is 2.86 bits per heavy atom. The van der Waals surface area contributed by atoms with Gasteiger partial charge in [-0.3, -0.25) is 4.79 Å². The first kappa shape index (κ1) is 14.8. The van der Waals surface area contributed by atoms with Crippen molar-refractivity contribution in [3.05, 3.63) is 35.9 Å². The molecule has 0 aliphatic rings. The Kier molecular flexibility index (Phi) is 5.14. The van der Waals surface area contributed by atoms with Crippen molar-refractivity contribution in [3.8, 4) is 0 Å². The highest BCUT2D eigenvalue weighted by Gasteiger charge is 2.05. The van der Waals surface area contributed by atoms with E-state index in [1.807, 2.05) is 19.9 Å². The second-order valence-corrected chi connectivity index (χ2v) is 4.44. The zero-order valence-electron chi connectivity index (χ0n) is 12.1. The summed E-state index contributed by atoms with van der Waals surface area (Å²) in [7, 11) is 0. The first-order valence-electron chi connectivity index (χ1n) is 6.83. The van der Waals surface area contributed by atoms with Crippen molar-refractivity contribution in [1.29, 1.82) is 0 Å². The van der Waals surface area contributed by atoms with E-state index in [0.29, 0.717) is 24.6 Å². The summed E-state index contributed by atoms with van der Waals surface area (Å²) in [4.78, 5) is 20.3. The molecule has 3 N–H and O–H groups in total. The maximum Gasteiger partial charge on any atom is 0.254 e. The number of furan rings is 1. The number of hydrogen-bond donors (Lipinski definition) is 3. The molecule has 0 spiro atoms. The van der Waals surface area contributed by atoms with Crippen LogP contribution in [-0.2, 0) is 0 Å². The summed E-state index contributed by atoms with van der Waals surface area (Å²) >= 11 is 0. The number of aryl methyl sites for hydroxylation is 1. The average molecular weight is 289 g/mol. The predicted molar refractivity (Wildman–Crippen MR) is 80.5 cm³/mol. The molecule has 112 valence electrons. The van der Waals surface area contributed by atoms with E-state index in [1.54, 1.807) is 6.07 Å². The summed E-state index contributed by atoms with van der Waals surface area (Å²) in [6.07, 6.45) is 2.89. The van der Waals surface area contributed by atoms with E-state index in [-0.39, 0.29) is 5.91 Å². The number of aromatic nitrogens is 2. The Balaban J connectivity index is 1.79. The zero-order valence-corrected chi connectivity index (χ0v) is 12.1. The Labute approximate surface area is 123 Å². The van der Waals surface area contributed by atoms with Gasteiger partial charge in [-0.1, -0.05) is 0 Å². The molecule has 0 unspecified atom stereocenters. The molecule has 0 radical (unpaired) electrons. The van der Waals surface area contributed by atoms with Crippen molar-refractivity contribution in [3.63, 3.8) is 0 Å². The summed E-state index contributed by atoms with van der Waals surface area (Å²) in [6, 6.07) is 3.48. The van der Waals surface area contributed by atoms with Gasteiger partial charge in [0.2, 0.25) is 5.95 Å². The molecule has 21 heavy (non-hydrogen) atoms. The average Bonchev–Trinajstić information content (AvgIpc) is 2.97. The van der Waals surface area contributed by atoms with E-state index in [1.165, 1.54) is 12.5 Å². The van der Waals surface area contributed by atoms with Crippen LogP contribution in [0.1, 0.15) is 23.0 Å². The third kappa shape index (κ3) is 4.48. The van der Waals surface area contributed by atoms with E-state index >= 15 is 0 Å². The van der Waals surface area contributed by atoms with E-state index in [9.17, 15) is 4.79 Å². The number of carbonyl (C=O) groups is 1. The maximum absolute atomic E-state index is 11.7. The molecule has 0 aliphatic heterocycles. The molecule has 0 fully saturated rings. The molecule has 2 aromatic heterocycles. The van der Waals surface area contributed by atoms with Crippen LogP contribution < -0.4 is 16.0 Å². The highest BCUT2D eigenvalue weighted by molar-refractivity contribution is 5.93. The first-order chi connectivity index (χ1) is 10.2. The SMILES string of the molecule is CCNc1nc(C)cc(NCCNC(=O)c2ccoc2)n1. The van der Waals surface area contributed by atoms with Gasteiger partial charge in [0, 0.05) is 31.4 Å². The maximum atomic E-state index is 11.7. The summed E-state index contributed by atoms with van der Waals surface area (Å²) < 4.78 is 4.86. The molecular weight excluding hydrogens is 270 g/mol. The fourth-order valence-electron chi connectivity index (χ4n) is 1.76. The molecule has 0 saturated heterocycles. The zero-order chi connectivity index (χ0) is 15.1. The number of carbonyl (C=O) groups excluding carboxylic acids is 1.